The summed E-state index contributed by atoms with van der Waals surface area (Å²) in [4.78, 5) is 0. The first kappa shape index (κ1) is 12.9. The van der Waals surface area contributed by atoms with Crippen LogP contribution in [0.4, 0.5) is 5.69 Å². The molecule has 0 heterocycles. The smallest absolute Gasteiger partial charge is 0.0642 e. The van der Waals surface area contributed by atoms with E-state index in [0.29, 0.717) is 6.10 Å². The van der Waals surface area contributed by atoms with Crippen LogP contribution in [-0.4, -0.2) is 19.3 Å². The first-order valence-electron chi connectivity index (χ1n) is 6.45. The highest BCUT2D eigenvalue weighted by Gasteiger charge is 2.12. The average Bonchev–Trinajstić information content (AvgIpc) is 2.38. The third-order valence-electron chi connectivity index (χ3n) is 3.18. The van der Waals surface area contributed by atoms with E-state index < -0.39 is 0 Å². The Hall–Kier alpha value is -0.540. The highest BCUT2D eigenvalue weighted by atomic mass is 79.9. The second-order valence-electron chi connectivity index (χ2n) is 4.56. The van der Waals surface area contributed by atoms with Gasteiger partial charge >= 0.3 is 0 Å². The van der Waals surface area contributed by atoms with Crippen LogP contribution in [0.15, 0.2) is 28.7 Å². The second-order valence-corrected chi connectivity index (χ2v) is 5.48. The van der Waals surface area contributed by atoms with Crippen LogP contribution in [0.3, 0.4) is 0 Å². The summed E-state index contributed by atoms with van der Waals surface area (Å²) in [6, 6.07) is 8.24. The topological polar surface area (TPSA) is 21.3 Å². The van der Waals surface area contributed by atoms with Crippen LogP contribution >= 0.6 is 15.9 Å². The number of hydrogen-bond acceptors (Lipinski definition) is 2. The van der Waals surface area contributed by atoms with E-state index in [9.17, 15) is 0 Å². The molecule has 0 aromatic heterocycles. The lowest BCUT2D eigenvalue weighted by atomic mass is 9.98. The molecule has 0 radical (unpaired) electrons. The number of hydrogen-bond donors (Lipinski definition) is 1. The Balaban J connectivity index is 1.60. The fraction of sp³-hybridized carbons (Fsp3) is 0.571. The van der Waals surface area contributed by atoms with Gasteiger partial charge in [0.2, 0.25) is 0 Å². The molecule has 1 aliphatic carbocycles. The quantitative estimate of drug-likeness (QED) is 0.822. The molecule has 1 aromatic carbocycles. The maximum absolute atomic E-state index is 5.86. The summed E-state index contributed by atoms with van der Waals surface area (Å²) in [5.41, 5.74) is 1.15. The number of ether oxygens (including phenoxy) is 1. The SMILES string of the molecule is Brc1ccc(NCCOC2CCCCC2)cc1. The minimum absolute atomic E-state index is 0.510. The van der Waals surface area contributed by atoms with Crippen LogP contribution < -0.4 is 5.32 Å². The lowest BCUT2D eigenvalue weighted by Gasteiger charge is -2.22. The van der Waals surface area contributed by atoms with Crippen LogP contribution in [-0.2, 0) is 4.74 Å². The minimum Gasteiger partial charge on any atom is -0.383 e. The zero-order valence-electron chi connectivity index (χ0n) is 10.1. The summed E-state index contributed by atoms with van der Waals surface area (Å²) in [5.74, 6) is 0. The zero-order chi connectivity index (χ0) is 11.9. The van der Waals surface area contributed by atoms with Crippen LogP contribution in [0.2, 0.25) is 0 Å². The van der Waals surface area contributed by atoms with Crippen molar-refractivity contribution in [3.63, 3.8) is 0 Å². The minimum atomic E-state index is 0.510. The van der Waals surface area contributed by atoms with Crippen LogP contribution in [0.5, 0.6) is 0 Å². The molecule has 2 nitrogen and oxygen atoms in total. The normalized spacial score (nSPS) is 17.0. The molecule has 1 aromatic rings. The Bertz CT molecular complexity index is 319. The molecule has 3 heteroatoms. The molecule has 1 aliphatic rings. The van der Waals surface area contributed by atoms with Gasteiger partial charge in [0.1, 0.15) is 0 Å². The Morgan fingerprint density at radius 1 is 1.12 bits per heavy atom. The van der Waals surface area contributed by atoms with Gasteiger partial charge in [0.05, 0.1) is 12.7 Å². The fourth-order valence-electron chi connectivity index (χ4n) is 2.22. The Labute approximate surface area is 112 Å². The molecule has 94 valence electrons. The van der Waals surface area contributed by atoms with Crippen LogP contribution in [0.25, 0.3) is 0 Å². The van der Waals surface area contributed by atoms with E-state index in [1.165, 1.54) is 32.1 Å². The van der Waals surface area contributed by atoms with Crippen LogP contribution in [0.1, 0.15) is 32.1 Å². The number of anilines is 1. The summed E-state index contributed by atoms with van der Waals surface area (Å²) < 4.78 is 6.97. The summed E-state index contributed by atoms with van der Waals surface area (Å²) in [5, 5.41) is 3.37. The number of benzene rings is 1. The molecular weight excluding hydrogens is 278 g/mol. The molecular formula is C14H20BrNO. The van der Waals surface area contributed by atoms with Gasteiger partial charge in [-0.2, -0.15) is 0 Å². The molecule has 17 heavy (non-hydrogen) atoms. The van der Waals surface area contributed by atoms with Gasteiger partial charge in [-0.1, -0.05) is 35.2 Å². The van der Waals surface area contributed by atoms with Crippen molar-refractivity contribution in [1.29, 1.82) is 0 Å². The van der Waals surface area contributed by atoms with Crippen molar-refractivity contribution in [2.45, 2.75) is 38.2 Å². The standard InChI is InChI=1S/C14H20BrNO/c15-12-6-8-13(9-7-12)16-10-11-17-14-4-2-1-3-5-14/h6-9,14,16H,1-5,10-11H2. The Morgan fingerprint density at radius 3 is 2.53 bits per heavy atom. The zero-order valence-corrected chi connectivity index (χ0v) is 11.7. The number of rotatable bonds is 5. The van der Waals surface area contributed by atoms with Crippen molar-refractivity contribution in [3.8, 4) is 0 Å². The lowest BCUT2D eigenvalue weighted by molar-refractivity contribution is 0.0347. The van der Waals surface area contributed by atoms with Crippen molar-refractivity contribution in [2.75, 3.05) is 18.5 Å². The van der Waals surface area contributed by atoms with Gasteiger partial charge in [-0.3, -0.25) is 0 Å². The predicted molar refractivity (Wildman–Crippen MR) is 75.5 cm³/mol. The molecule has 0 bridgehead atoms. The molecule has 0 amide bonds. The molecule has 2 rings (SSSR count). The van der Waals surface area contributed by atoms with Crippen LogP contribution in [0, 0.1) is 0 Å². The average molecular weight is 298 g/mol. The van der Waals surface area contributed by atoms with E-state index >= 15 is 0 Å². The van der Waals surface area contributed by atoms with Gasteiger partial charge in [-0.05, 0) is 37.1 Å². The van der Waals surface area contributed by atoms with Gasteiger partial charge in [-0.25, -0.2) is 0 Å². The highest BCUT2D eigenvalue weighted by Crippen LogP contribution is 2.20. The van der Waals surface area contributed by atoms with E-state index in [1.54, 1.807) is 0 Å². The molecule has 1 N–H and O–H groups in total. The molecule has 1 fully saturated rings. The largest absolute Gasteiger partial charge is 0.383 e. The summed E-state index contributed by atoms with van der Waals surface area (Å²) >= 11 is 3.43. The molecule has 1 saturated carbocycles. The van der Waals surface area contributed by atoms with Gasteiger partial charge in [-0.15, -0.1) is 0 Å². The van der Waals surface area contributed by atoms with Crippen molar-refractivity contribution in [2.24, 2.45) is 0 Å². The molecule has 0 unspecified atom stereocenters. The Kier molecular flexibility index (Phi) is 5.33. The van der Waals surface area contributed by atoms with E-state index in [4.69, 9.17) is 4.74 Å². The highest BCUT2D eigenvalue weighted by molar-refractivity contribution is 9.10. The number of nitrogens with one attached hydrogen (secondary N) is 1. The van der Waals surface area contributed by atoms with Gasteiger partial charge in [0, 0.05) is 16.7 Å². The Morgan fingerprint density at radius 2 is 1.82 bits per heavy atom. The monoisotopic (exact) mass is 297 g/mol. The third-order valence-corrected chi connectivity index (χ3v) is 3.71. The first-order chi connectivity index (χ1) is 8.34. The second kappa shape index (κ2) is 7.02. The summed E-state index contributed by atoms with van der Waals surface area (Å²) in [6.07, 6.45) is 7.07. The fourth-order valence-corrected chi connectivity index (χ4v) is 2.48. The molecule has 0 atom stereocenters. The van der Waals surface area contributed by atoms with Crippen molar-refractivity contribution in [3.05, 3.63) is 28.7 Å². The van der Waals surface area contributed by atoms with Crippen molar-refractivity contribution >= 4 is 21.6 Å². The summed E-state index contributed by atoms with van der Waals surface area (Å²) in [6.45, 7) is 1.69. The maximum Gasteiger partial charge on any atom is 0.0642 e. The van der Waals surface area contributed by atoms with E-state index in [2.05, 4.69) is 33.4 Å². The number of halogens is 1. The third kappa shape index (κ3) is 4.68. The van der Waals surface area contributed by atoms with E-state index in [-0.39, 0.29) is 0 Å². The van der Waals surface area contributed by atoms with Crippen molar-refractivity contribution in [1.82, 2.24) is 0 Å². The maximum atomic E-state index is 5.86. The predicted octanol–water partition coefficient (Wildman–Crippen LogP) is 4.21. The summed E-state index contributed by atoms with van der Waals surface area (Å²) in [7, 11) is 0. The van der Waals surface area contributed by atoms with Crippen molar-refractivity contribution < 1.29 is 4.74 Å². The lowest BCUT2D eigenvalue weighted by Crippen LogP contribution is -2.20. The molecule has 0 saturated heterocycles. The molecule has 0 spiro atoms. The van der Waals surface area contributed by atoms with Gasteiger partial charge in [0.25, 0.3) is 0 Å². The molecule has 0 aliphatic heterocycles. The first-order valence-corrected chi connectivity index (χ1v) is 7.25. The van der Waals surface area contributed by atoms with E-state index in [1.807, 2.05) is 12.1 Å². The van der Waals surface area contributed by atoms with Gasteiger partial charge in [0.15, 0.2) is 0 Å². The van der Waals surface area contributed by atoms with Gasteiger partial charge < -0.3 is 10.1 Å². The van der Waals surface area contributed by atoms with E-state index in [0.717, 1.165) is 23.3 Å².